The van der Waals surface area contributed by atoms with Gasteiger partial charge in [-0.3, -0.25) is 4.79 Å². The molecule has 1 aliphatic heterocycles. The van der Waals surface area contributed by atoms with Gasteiger partial charge in [0.1, 0.15) is 0 Å². The first-order valence-corrected chi connectivity index (χ1v) is 9.33. The van der Waals surface area contributed by atoms with E-state index < -0.39 is 15.6 Å². The van der Waals surface area contributed by atoms with Crippen LogP contribution in [0.25, 0.3) is 11.0 Å². The van der Waals surface area contributed by atoms with E-state index in [0.29, 0.717) is 24.1 Å². The van der Waals surface area contributed by atoms with Crippen LogP contribution in [0.15, 0.2) is 27.9 Å². The number of nitrogens with two attached hydrogens (primary N) is 1. The number of carbonyl (C=O) groups is 1. The van der Waals surface area contributed by atoms with Gasteiger partial charge in [-0.2, -0.15) is 4.31 Å². The van der Waals surface area contributed by atoms with Crippen LogP contribution in [-0.2, 0) is 14.8 Å². The molecule has 136 valence electrons. The second-order valence-electron chi connectivity index (χ2n) is 6.70. The van der Waals surface area contributed by atoms with Gasteiger partial charge < -0.3 is 20.6 Å². The lowest BCUT2D eigenvalue weighted by Crippen LogP contribution is -2.57. The first-order chi connectivity index (χ1) is 11.6. The summed E-state index contributed by atoms with van der Waals surface area (Å²) >= 11 is 0. The smallest absolute Gasteiger partial charge is 0.323 e. The maximum atomic E-state index is 12.8. The minimum Gasteiger partial charge on any atom is -0.338 e. The number of hydrogen-bond acceptors (Lipinski definition) is 5. The number of nitrogens with zero attached hydrogens (tertiary/aromatic N) is 2. The number of aromatic amines is 2. The van der Waals surface area contributed by atoms with Crippen molar-refractivity contribution in [1.82, 2.24) is 19.2 Å². The van der Waals surface area contributed by atoms with Crippen molar-refractivity contribution in [2.24, 2.45) is 5.73 Å². The zero-order valence-corrected chi connectivity index (χ0v) is 14.9. The third-order valence-corrected chi connectivity index (χ3v) is 6.10. The highest BCUT2D eigenvalue weighted by Crippen LogP contribution is 2.21. The summed E-state index contributed by atoms with van der Waals surface area (Å²) in [4.78, 5) is 30.3. The molecule has 4 N–H and O–H groups in total. The summed E-state index contributed by atoms with van der Waals surface area (Å²) in [5.74, 6) is -0.198. The van der Waals surface area contributed by atoms with E-state index in [1.807, 2.05) is 0 Å². The third-order valence-electron chi connectivity index (χ3n) is 4.20. The summed E-state index contributed by atoms with van der Waals surface area (Å²) in [6, 6.07) is 4.45. The quantitative estimate of drug-likeness (QED) is 0.668. The highest BCUT2D eigenvalue weighted by atomic mass is 32.2. The minimum atomic E-state index is -3.70. The largest absolute Gasteiger partial charge is 0.338 e. The second kappa shape index (κ2) is 5.97. The van der Waals surface area contributed by atoms with Crippen LogP contribution in [0, 0.1) is 0 Å². The average Bonchev–Trinajstić information content (AvgIpc) is 2.92. The monoisotopic (exact) mass is 367 g/mol. The van der Waals surface area contributed by atoms with E-state index in [1.165, 1.54) is 16.4 Å². The van der Waals surface area contributed by atoms with Crippen molar-refractivity contribution in [1.29, 1.82) is 0 Å². The summed E-state index contributed by atoms with van der Waals surface area (Å²) in [6.45, 7) is 4.25. The normalized spacial score (nSPS) is 17.2. The van der Waals surface area contributed by atoms with Crippen LogP contribution in [0.2, 0.25) is 0 Å². The second-order valence-corrected chi connectivity index (χ2v) is 8.64. The molecule has 0 unspecified atom stereocenters. The average molecular weight is 367 g/mol. The molecule has 2 heterocycles. The summed E-state index contributed by atoms with van der Waals surface area (Å²) in [5.41, 5.74) is 5.43. The molecule has 1 aromatic carbocycles. The lowest BCUT2D eigenvalue weighted by molar-refractivity contribution is -0.137. The van der Waals surface area contributed by atoms with Gasteiger partial charge in [-0.05, 0) is 32.0 Å². The Morgan fingerprint density at radius 2 is 1.72 bits per heavy atom. The lowest BCUT2D eigenvalue weighted by Gasteiger charge is -2.36. The van der Waals surface area contributed by atoms with Crippen LogP contribution in [0.4, 0.5) is 0 Å². The van der Waals surface area contributed by atoms with Crippen LogP contribution >= 0.6 is 0 Å². The van der Waals surface area contributed by atoms with E-state index in [-0.39, 0.29) is 29.6 Å². The van der Waals surface area contributed by atoms with E-state index in [2.05, 4.69) is 9.97 Å². The number of H-pyrrole nitrogens is 2. The Bertz CT molecular complexity index is 962. The molecule has 1 amide bonds. The van der Waals surface area contributed by atoms with Crippen molar-refractivity contribution in [3.05, 3.63) is 28.7 Å². The Labute approximate surface area is 144 Å². The van der Waals surface area contributed by atoms with Gasteiger partial charge in [0.25, 0.3) is 0 Å². The van der Waals surface area contributed by atoms with Crippen molar-refractivity contribution in [3.63, 3.8) is 0 Å². The molecule has 2 aromatic rings. The van der Waals surface area contributed by atoms with Crippen molar-refractivity contribution in [2.45, 2.75) is 24.3 Å². The highest BCUT2D eigenvalue weighted by Gasteiger charge is 2.34. The zero-order chi connectivity index (χ0) is 18.4. The van der Waals surface area contributed by atoms with Gasteiger partial charge >= 0.3 is 5.69 Å². The van der Waals surface area contributed by atoms with Gasteiger partial charge in [-0.25, -0.2) is 13.2 Å². The fourth-order valence-corrected chi connectivity index (χ4v) is 4.31. The molecule has 9 nitrogen and oxygen atoms in total. The lowest BCUT2D eigenvalue weighted by atomic mass is 10.1. The number of hydrogen-bond donors (Lipinski definition) is 3. The van der Waals surface area contributed by atoms with Gasteiger partial charge in [0.2, 0.25) is 15.9 Å². The van der Waals surface area contributed by atoms with Crippen molar-refractivity contribution >= 4 is 27.0 Å². The van der Waals surface area contributed by atoms with Crippen LogP contribution in [0.3, 0.4) is 0 Å². The first kappa shape index (κ1) is 17.6. The Balaban J connectivity index is 1.79. The number of fused-ring (bicyclic) bond motifs is 1. The Hall–Kier alpha value is -2.17. The van der Waals surface area contributed by atoms with Gasteiger partial charge in [-0.1, -0.05) is 0 Å². The molecule has 3 rings (SSSR count). The predicted octanol–water partition coefficient (Wildman–Crippen LogP) is -0.574. The molecule has 1 fully saturated rings. The maximum absolute atomic E-state index is 12.8. The number of nitrogens with one attached hydrogen (secondary N) is 2. The standard InChI is InChI=1S/C15H21N5O4S/c1-15(2,16)13(21)19-5-7-20(8-6-19)25(23,24)10-3-4-11-12(9-10)18-14(22)17-11/h3-4,9H,5-8,16H2,1-2H3,(H2,17,18,22). The molecule has 0 aliphatic carbocycles. The summed E-state index contributed by atoms with van der Waals surface area (Å²) in [7, 11) is -3.70. The van der Waals surface area contributed by atoms with E-state index in [1.54, 1.807) is 24.8 Å². The van der Waals surface area contributed by atoms with E-state index in [0.717, 1.165) is 0 Å². The molecule has 0 spiro atoms. The molecule has 1 aromatic heterocycles. The van der Waals surface area contributed by atoms with Crippen molar-refractivity contribution in [3.8, 4) is 0 Å². The molecule has 1 aliphatic rings. The van der Waals surface area contributed by atoms with Crippen LogP contribution in [-0.4, -0.2) is 65.2 Å². The molecule has 0 bridgehead atoms. The number of benzene rings is 1. The van der Waals surface area contributed by atoms with Crippen molar-refractivity contribution in [2.75, 3.05) is 26.2 Å². The van der Waals surface area contributed by atoms with E-state index >= 15 is 0 Å². The van der Waals surface area contributed by atoms with Gasteiger partial charge in [0.05, 0.1) is 21.5 Å². The topological polar surface area (TPSA) is 132 Å². The van der Waals surface area contributed by atoms with Crippen LogP contribution < -0.4 is 11.4 Å². The predicted molar refractivity (Wildman–Crippen MR) is 92.5 cm³/mol. The zero-order valence-electron chi connectivity index (χ0n) is 14.1. The Morgan fingerprint density at radius 1 is 1.12 bits per heavy atom. The number of amides is 1. The number of imidazole rings is 1. The number of aromatic nitrogens is 2. The molecule has 0 atom stereocenters. The fourth-order valence-electron chi connectivity index (χ4n) is 2.86. The molecule has 0 saturated carbocycles. The SMILES string of the molecule is CC(C)(N)C(=O)N1CCN(S(=O)(=O)c2ccc3[nH]c(=O)[nH]c3c2)CC1. The van der Waals surface area contributed by atoms with Gasteiger partial charge in [0, 0.05) is 26.2 Å². The summed E-state index contributed by atoms with van der Waals surface area (Å²) in [5, 5.41) is 0. The number of sulfonamides is 1. The maximum Gasteiger partial charge on any atom is 0.323 e. The summed E-state index contributed by atoms with van der Waals surface area (Å²) < 4.78 is 27.0. The van der Waals surface area contributed by atoms with Gasteiger partial charge in [0.15, 0.2) is 0 Å². The number of piperazine rings is 1. The summed E-state index contributed by atoms with van der Waals surface area (Å²) in [6.07, 6.45) is 0. The molecule has 0 radical (unpaired) electrons. The number of rotatable bonds is 3. The van der Waals surface area contributed by atoms with Gasteiger partial charge in [-0.15, -0.1) is 0 Å². The molecular formula is C15H21N5O4S. The number of carbonyl (C=O) groups excluding carboxylic acids is 1. The first-order valence-electron chi connectivity index (χ1n) is 7.89. The molecule has 1 saturated heterocycles. The van der Waals surface area contributed by atoms with E-state index in [9.17, 15) is 18.0 Å². The fraction of sp³-hybridized carbons (Fsp3) is 0.467. The van der Waals surface area contributed by atoms with Crippen molar-refractivity contribution < 1.29 is 13.2 Å². The van der Waals surface area contributed by atoms with E-state index in [4.69, 9.17) is 5.73 Å². The third kappa shape index (κ3) is 3.32. The minimum absolute atomic E-state index is 0.106. The Kier molecular flexibility index (Phi) is 4.21. The molecular weight excluding hydrogens is 346 g/mol. The molecule has 25 heavy (non-hydrogen) atoms. The molecule has 10 heteroatoms. The van der Waals surface area contributed by atoms with Crippen LogP contribution in [0.1, 0.15) is 13.8 Å². The van der Waals surface area contributed by atoms with Crippen LogP contribution in [0.5, 0.6) is 0 Å². The Morgan fingerprint density at radius 3 is 2.32 bits per heavy atom. The highest BCUT2D eigenvalue weighted by molar-refractivity contribution is 7.89.